The third kappa shape index (κ3) is 1.97. The quantitative estimate of drug-likeness (QED) is 0.576. The van der Waals surface area contributed by atoms with E-state index in [0.29, 0.717) is 5.69 Å². The van der Waals surface area contributed by atoms with Gasteiger partial charge in [0.1, 0.15) is 10.6 Å². The first-order chi connectivity index (χ1) is 10.3. The maximum Gasteiger partial charge on any atom is 0.294 e. The molecule has 0 aliphatic carbocycles. The molecule has 0 fully saturated rings. The Morgan fingerprint density at radius 2 is 1.64 bits per heavy atom. The van der Waals surface area contributed by atoms with Crippen molar-refractivity contribution in [3.8, 4) is 0 Å². The molecule has 0 spiro atoms. The third-order valence-electron chi connectivity index (χ3n) is 3.71. The van der Waals surface area contributed by atoms with E-state index in [1.54, 1.807) is 6.07 Å². The maximum atomic E-state index is 12.8. The summed E-state index contributed by atoms with van der Waals surface area (Å²) in [4.78, 5) is 10.7. The average molecular weight is 318 g/mol. The molecule has 0 saturated heterocycles. The molecular weight excluding hydrogens is 304 g/mol. The van der Waals surface area contributed by atoms with E-state index in [9.17, 15) is 18.5 Å². The monoisotopic (exact) mass is 318 g/mol. The van der Waals surface area contributed by atoms with Crippen molar-refractivity contribution in [3.05, 3.63) is 52.1 Å². The first-order valence-corrected chi connectivity index (χ1v) is 8.24. The smallest absolute Gasteiger partial charge is 0.294 e. The highest BCUT2D eigenvalue weighted by Crippen LogP contribution is 2.46. The van der Waals surface area contributed by atoms with Gasteiger partial charge < -0.3 is 5.32 Å². The number of hydrogen-bond donors (Lipinski definition) is 1. The van der Waals surface area contributed by atoms with Crippen LogP contribution in [0.15, 0.2) is 46.2 Å². The summed E-state index contributed by atoms with van der Waals surface area (Å²) < 4.78 is 25.6. The molecule has 3 rings (SSSR count). The van der Waals surface area contributed by atoms with Gasteiger partial charge in [-0.1, -0.05) is 32.0 Å². The van der Waals surface area contributed by atoms with Gasteiger partial charge in [0.15, 0.2) is 0 Å². The molecule has 1 heterocycles. The Morgan fingerprint density at radius 1 is 1.05 bits per heavy atom. The molecule has 0 bridgehead atoms. The standard InChI is InChI=1S/C15H14N2O4S/c1-9(2)10-5-3-7-12-14(10)16-15-11(17(18)19)6-4-8-13(15)22(12,20)21/h3-9,16H,1-2H3. The van der Waals surface area contributed by atoms with Crippen LogP contribution in [0.5, 0.6) is 0 Å². The van der Waals surface area contributed by atoms with Crippen LogP contribution in [-0.4, -0.2) is 13.3 Å². The van der Waals surface area contributed by atoms with Crippen molar-refractivity contribution in [2.24, 2.45) is 0 Å². The summed E-state index contributed by atoms with van der Waals surface area (Å²) in [5.41, 5.74) is 1.03. The zero-order valence-electron chi connectivity index (χ0n) is 12.0. The predicted molar refractivity (Wildman–Crippen MR) is 82.4 cm³/mol. The zero-order valence-corrected chi connectivity index (χ0v) is 12.8. The number of sulfone groups is 1. The van der Waals surface area contributed by atoms with Crippen molar-refractivity contribution in [2.45, 2.75) is 29.6 Å². The summed E-state index contributed by atoms with van der Waals surface area (Å²) in [5, 5.41) is 14.2. The molecule has 7 heteroatoms. The largest absolute Gasteiger partial charge is 0.348 e. The molecule has 114 valence electrons. The minimum atomic E-state index is -3.78. The summed E-state index contributed by atoms with van der Waals surface area (Å²) in [6.45, 7) is 3.89. The minimum Gasteiger partial charge on any atom is -0.348 e. The number of nitro benzene ring substituents is 1. The Kier molecular flexibility index (Phi) is 3.17. The molecule has 0 unspecified atom stereocenters. The average Bonchev–Trinajstić information content (AvgIpc) is 2.46. The van der Waals surface area contributed by atoms with Gasteiger partial charge in [0, 0.05) is 6.07 Å². The van der Waals surface area contributed by atoms with E-state index in [0.717, 1.165) is 5.56 Å². The highest BCUT2D eigenvalue weighted by molar-refractivity contribution is 7.92. The van der Waals surface area contributed by atoms with Crippen LogP contribution in [0.4, 0.5) is 17.1 Å². The number of anilines is 2. The van der Waals surface area contributed by atoms with Gasteiger partial charge in [-0.25, -0.2) is 8.42 Å². The second kappa shape index (κ2) is 4.81. The van der Waals surface area contributed by atoms with E-state index in [-0.39, 0.29) is 27.1 Å². The van der Waals surface area contributed by atoms with Crippen molar-refractivity contribution in [1.29, 1.82) is 0 Å². The number of nitrogens with zero attached hydrogens (tertiary/aromatic N) is 1. The van der Waals surface area contributed by atoms with Crippen molar-refractivity contribution in [3.63, 3.8) is 0 Å². The van der Waals surface area contributed by atoms with Gasteiger partial charge in [-0.3, -0.25) is 10.1 Å². The minimum absolute atomic E-state index is 0.0353. The highest BCUT2D eigenvalue weighted by atomic mass is 32.2. The fourth-order valence-corrected chi connectivity index (χ4v) is 4.27. The topological polar surface area (TPSA) is 89.3 Å². The van der Waals surface area contributed by atoms with Crippen LogP contribution in [0.1, 0.15) is 25.3 Å². The number of hydrogen-bond acceptors (Lipinski definition) is 5. The molecule has 0 radical (unpaired) electrons. The Morgan fingerprint density at radius 3 is 2.23 bits per heavy atom. The van der Waals surface area contributed by atoms with Gasteiger partial charge in [-0.15, -0.1) is 0 Å². The molecule has 1 aliphatic rings. The predicted octanol–water partition coefficient (Wildman–Crippen LogP) is 3.61. The van der Waals surface area contributed by atoms with Gasteiger partial charge in [0.05, 0.1) is 15.5 Å². The molecular formula is C15H14N2O4S. The van der Waals surface area contributed by atoms with Crippen LogP contribution in [0.3, 0.4) is 0 Å². The van der Waals surface area contributed by atoms with Crippen LogP contribution in [0, 0.1) is 10.1 Å². The van der Waals surface area contributed by atoms with Crippen LogP contribution in [-0.2, 0) is 9.84 Å². The van der Waals surface area contributed by atoms with Gasteiger partial charge in [0.2, 0.25) is 9.84 Å². The van der Waals surface area contributed by atoms with E-state index in [1.165, 1.54) is 24.3 Å². The SMILES string of the molecule is CC(C)c1cccc2c1Nc1c([N+](=O)[O-])cccc1S2(=O)=O. The van der Waals surface area contributed by atoms with Crippen LogP contribution in [0.2, 0.25) is 0 Å². The first kappa shape index (κ1) is 14.5. The van der Waals surface area contributed by atoms with E-state index in [2.05, 4.69) is 5.32 Å². The fourth-order valence-electron chi connectivity index (χ4n) is 2.65. The summed E-state index contributed by atoms with van der Waals surface area (Å²) in [7, 11) is -3.78. The second-order valence-corrected chi connectivity index (χ2v) is 7.30. The number of nitrogens with one attached hydrogen (secondary N) is 1. The highest BCUT2D eigenvalue weighted by Gasteiger charge is 2.35. The maximum absolute atomic E-state index is 12.8. The van der Waals surface area contributed by atoms with E-state index in [1.807, 2.05) is 19.9 Å². The van der Waals surface area contributed by atoms with Crippen LogP contribution < -0.4 is 5.32 Å². The Hall–Kier alpha value is -2.41. The lowest BCUT2D eigenvalue weighted by Crippen LogP contribution is -2.16. The Balaban J connectivity index is 2.36. The molecule has 6 nitrogen and oxygen atoms in total. The number of nitro groups is 1. The fraction of sp³-hybridized carbons (Fsp3) is 0.200. The van der Waals surface area contributed by atoms with Crippen LogP contribution in [0.25, 0.3) is 0 Å². The Bertz CT molecular complexity index is 888. The molecule has 0 saturated carbocycles. The molecule has 22 heavy (non-hydrogen) atoms. The molecule has 2 aromatic carbocycles. The molecule has 0 atom stereocenters. The molecule has 2 aromatic rings. The van der Waals surface area contributed by atoms with Gasteiger partial charge in [-0.05, 0) is 23.6 Å². The Labute approximate surface area is 127 Å². The van der Waals surface area contributed by atoms with Crippen molar-refractivity contribution in [2.75, 3.05) is 5.32 Å². The lowest BCUT2D eigenvalue weighted by molar-refractivity contribution is -0.384. The summed E-state index contributed by atoms with van der Waals surface area (Å²) in [5.74, 6) is 0.0852. The van der Waals surface area contributed by atoms with E-state index >= 15 is 0 Å². The lowest BCUT2D eigenvalue weighted by Gasteiger charge is -2.24. The number of para-hydroxylation sites is 2. The molecule has 1 N–H and O–H groups in total. The lowest BCUT2D eigenvalue weighted by atomic mass is 10.0. The molecule has 0 aromatic heterocycles. The van der Waals surface area contributed by atoms with Crippen molar-refractivity contribution in [1.82, 2.24) is 0 Å². The van der Waals surface area contributed by atoms with E-state index in [4.69, 9.17) is 0 Å². The van der Waals surface area contributed by atoms with E-state index < -0.39 is 14.8 Å². The zero-order chi connectivity index (χ0) is 16.1. The third-order valence-corrected chi connectivity index (χ3v) is 5.55. The normalized spacial score (nSPS) is 14.9. The number of benzene rings is 2. The number of rotatable bonds is 2. The first-order valence-electron chi connectivity index (χ1n) is 6.76. The van der Waals surface area contributed by atoms with Crippen molar-refractivity contribution < 1.29 is 13.3 Å². The van der Waals surface area contributed by atoms with Crippen molar-refractivity contribution >= 4 is 26.9 Å². The molecule has 0 amide bonds. The summed E-state index contributed by atoms with van der Waals surface area (Å²) in [6, 6.07) is 9.10. The second-order valence-electron chi connectivity index (χ2n) is 5.41. The van der Waals surface area contributed by atoms with Gasteiger partial charge in [0.25, 0.3) is 5.69 Å². The summed E-state index contributed by atoms with van der Waals surface area (Å²) in [6.07, 6.45) is 0. The van der Waals surface area contributed by atoms with Gasteiger partial charge >= 0.3 is 0 Å². The van der Waals surface area contributed by atoms with Gasteiger partial charge in [-0.2, -0.15) is 0 Å². The summed E-state index contributed by atoms with van der Waals surface area (Å²) >= 11 is 0. The number of fused-ring (bicyclic) bond motifs is 2. The molecule has 1 aliphatic heterocycles. The van der Waals surface area contributed by atoms with Crippen LogP contribution >= 0.6 is 0 Å².